The molecule has 1 fully saturated rings. The van der Waals surface area contributed by atoms with Crippen LogP contribution in [0, 0.1) is 17.0 Å². The van der Waals surface area contributed by atoms with Gasteiger partial charge in [0.25, 0.3) is 0 Å². The molecule has 2 aromatic carbocycles. The van der Waals surface area contributed by atoms with Crippen molar-refractivity contribution in [1.29, 1.82) is 0 Å². The van der Waals surface area contributed by atoms with Gasteiger partial charge in [0.1, 0.15) is 24.3 Å². The Balaban J connectivity index is 0.00000139. The summed E-state index contributed by atoms with van der Waals surface area (Å²) in [7, 11) is 0. The number of aliphatic hydroxyl groups excluding tert-OH is 1. The third-order valence-corrected chi connectivity index (χ3v) is 10.8. The van der Waals surface area contributed by atoms with E-state index in [2.05, 4.69) is 5.32 Å². The molecule has 1 aromatic heterocycles. The van der Waals surface area contributed by atoms with Gasteiger partial charge in [0.15, 0.2) is 0 Å². The van der Waals surface area contributed by atoms with Crippen LogP contribution in [0.2, 0.25) is 0 Å². The van der Waals surface area contributed by atoms with Gasteiger partial charge >= 0.3 is 18.1 Å². The lowest BCUT2D eigenvalue weighted by Gasteiger charge is -2.41. The van der Waals surface area contributed by atoms with Crippen LogP contribution in [0.4, 0.5) is 22.0 Å². The number of thioether (sulfide) groups is 1. The van der Waals surface area contributed by atoms with Crippen LogP contribution < -0.4 is 16.8 Å². The number of carboxylic acids is 2. The molecule has 3 aromatic rings. The zero-order valence-electron chi connectivity index (χ0n) is 34.6. The number of likely N-dealkylation sites (tertiary alicyclic amines) is 1. The van der Waals surface area contributed by atoms with Crippen molar-refractivity contribution in [1.82, 2.24) is 19.7 Å². The molecule has 8 N–H and O–H groups in total. The zero-order valence-corrected chi connectivity index (χ0v) is 35.5. The Labute approximate surface area is 363 Å². The van der Waals surface area contributed by atoms with E-state index in [0.717, 1.165) is 40.4 Å². The van der Waals surface area contributed by atoms with E-state index in [9.17, 15) is 46.6 Å². The zero-order chi connectivity index (χ0) is 47.2. The second kappa shape index (κ2) is 23.3. The third kappa shape index (κ3) is 15.4. The Morgan fingerprint density at radius 1 is 0.984 bits per heavy atom. The van der Waals surface area contributed by atoms with Gasteiger partial charge < -0.3 is 46.3 Å². The van der Waals surface area contributed by atoms with Crippen LogP contribution >= 0.6 is 11.8 Å². The maximum Gasteiger partial charge on any atom is 0.490 e. The van der Waals surface area contributed by atoms with E-state index in [0.29, 0.717) is 17.8 Å². The van der Waals surface area contributed by atoms with Gasteiger partial charge in [-0.3, -0.25) is 28.9 Å². The van der Waals surface area contributed by atoms with Gasteiger partial charge in [0.05, 0.1) is 37.1 Å². The number of nitrogens with two attached hydrogens (primary N) is 2. The maximum atomic E-state index is 15.0. The molecule has 1 aliphatic rings. The minimum atomic E-state index is -5.08. The predicted molar refractivity (Wildman–Crippen MR) is 220 cm³/mol. The molecular weight excluding hydrogens is 864 g/mol. The van der Waals surface area contributed by atoms with Crippen molar-refractivity contribution in [2.75, 3.05) is 45.2 Å². The molecule has 22 heteroatoms. The molecule has 1 saturated heterocycles. The highest BCUT2D eigenvalue weighted by atomic mass is 32.2. The molecule has 346 valence electrons. The van der Waals surface area contributed by atoms with Gasteiger partial charge in [-0.15, -0.1) is 11.8 Å². The van der Waals surface area contributed by atoms with Gasteiger partial charge in [-0.05, 0) is 41.7 Å². The minimum absolute atomic E-state index is 0.00969. The van der Waals surface area contributed by atoms with Crippen LogP contribution in [0.25, 0.3) is 11.1 Å². The number of imide groups is 1. The molecule has 63 heavy (non-hydrogen) atoms. The van der Waals surface area contributed by atoms with Crippen LogP contribution in [0.15, 0.2) is 60.8 Å². The average molecular weight is 915 g/mol. The number of carboxylic acid groups (broad SMARTS) is 2. The van der Waals surface area contributed by atoms with Crippen LogP contribution in [-0.4, -0.2) is 134 Å². The summed E-state index contributed by atoms with van der Waals surface area (Å²) in [6.45, 7) is 5.36. The van der Waals surface area contributed by atoms with E-state index in [1.807, 2.05) is 55.7 Å². The number of hydrogen-bond acceptors (Lipinski definition) is 11. The summed E-state index contributed by atoms with van der Waals surface area (Å²) in [6.07, 6.45) is -3.41. The number of rotatable bonds is 20. The summed E-state index contributed by atoms with van der Waals surface area (Å²) in [4.78, 5) is 73.7. The topological polar surface area (TPSA) is 248 Å². The van der Waals surface area contributed by atoms with Crippen molar-refractivity contribution < 1.29 is 70.8 Å². The molecule has 0 radical (unpaired) electrons. The van der Waals surface area contributed by atoms with Crippen molar-refractivity contribution >= 4 is 47.3 Å². The Kier molecular flexibility index (Phi) is 19.2. The highest BCUT2D eigenvalue weighted by molar-refractivity contribution is 8.00. The van der Waals surface area contributed by atoms with E-state index in [1.54, 1.807) is 12.3 Å². The number of ether oxygens (including phenoxy) is 1. The molecular formula is C41H51F5N6O10S. The van der Waals surface area contributed by atoms with Gasteiger partial charge in [-0.2, -0.15) is 13.2 Å². The molecule has 4 atom stereocenters. The lowest BCUT2D eigenvalue weighted by Crippen LogP contribution is -2.48. The first kappa shape index (κ1) is 51.9. The van der Waals surface area contributed by atoms with E-state index < -0.39 is 88.8 Å². The molecule has 0 bridgehead atoms. The smallest absolute Gasteiger partial charge is 0.480 e. The molecule has 1 aliphatic heterocycles. The highest BCUT2D eigenvalue weighted by Crippen LogP contribution is 2.41. The first-order valence-electron chi connectivity index (χ1n) is 19.4. The van der Waals surface area contributed by atoms with E-state index in [1.165, 1.54) is 4.90 Å². The number of alkyl halides is 3. The number of nitrogens with zero attached hydrogens (tertiary/aromatic N) is 3. The van der Waals surface area contributed by atoms with E-state index in [-0.39, 0.29) is 57.0 Å². The number of carbonyl (C=O) groups is 6. The SMILES string of the molecule is CC(C)(C)C(c1cc(-c2cc(F)ccc2F)cn1Cc1ccccc1)N(CCC(N)C(=O)NCCOCCN1C(=O)CC(SC[C@H](N)C(=O)O)C1=O)C(=O)CO.O=C(O)C(F)(F)F. The fourth-order valence-corrected chi connectivity index (χ4v) is 7.57. The second-order valence-electron chi connectivity index (χ2n) is 15.4. The van der Waals surface area contributed by atoms with Crippen molar-refractivity contribution in [3.8, 4) is 11.1 Å². The molecule has 2 heterocycles. The van der Waals surface area contributed by atoms with Gasteiger partial charge in [-0.25, -0.2) is 13.6 Å². The number of amides is 4. The van der Waals surface area contributed by atoms with Crippen LogP contribution in [0.1, 0.15) is 50.9 Å². The molecule has 4 amide bonds. The monoisotopic (exact) mass is 914 g/mol. The summed E-state index contributed by atoms with van der Waals surface area (Å²) >= 11 is 1.02. The van der Waals surface area contributed by atoms with Crippen molar-refractivity contribution in [2.24, 2.45) is 16.9 Å². The number of hydrogen-bond donors (Lipinski definition) is 6. The van der Waals surface area contributed by atoms with E-state index >= 15 is 4.39 Å². The molecule has 0 aliphatic carbocycles. The fraction of sp³-hybridized carbons (Fsp3) is 0.463. The predicted octanol–water partition coefficient (Wildman–Crippen LogP) is 3.15. The van der Waals surface area contributed by atoms with Gasteiger partial charge in [-0.1, -0.05) is 51.1 Å². The summed E-state index contributed by atoms with van der Waals surface area (Å²) in [5, 5.41) is 28.1. The summed E-state index contributed by atoms with van der Waals surface area (Å²) in [5.41, 5.74) is 13.1. The quantitative estimate of drug-likeness (QED) is 0.0543. The fourth-order valence-electron chi connectivity index (χ4n) is 6.45. The molecule has 3 unspecified atom stereocenters. The number of carbonyl (C=O) groups excluding carboxylic acids is 4. The minimum Gasteiger partial charge on any atom is -0.480 e. The van der Waals surface area contributed by atoms with Crippen molar-refractivity contribution in [3.63, 3.8) is 0 Å². The molecule has 0 saturated carbocycles. The largest absolute Gasteiger partial charge is 0.490 e. The van der Waals surface area contributed by atoms with Gasteiger partial charge in [0.2, 0.25) is 23.6 Å². The number of halogens is 5. The maximum absolute atomic E-state index is 15.0. The van der Waals surface area contributed by atoms with Crippen LogP contribution in [-0.2, 0) is 40.0 Å². The Morgan fingerprint density at radius 2 is 1.63 bits per heavy atom. The summed E-state index contributed by atoms with van der Waals surface area (Å²) < 4.78 is 68.4. The normalized spacial score (nSPS) is 15.6. The molecule has 16 nitrogen and oxygen atoms in total. The molecule has 4 rings (SSSR count). The number of nitrogens with one attached hydrogen (secondary N) is 1. The first-order chi connectivity index (χ1) is 29.5. The highest BCUT2D eigenvalue weighted by Gasteiger charge is 2.40. The second-order valence-corrected chi connectivity index (χ2v) is 16.6. The van der Waals surface area contributed by atoms with Crippen molar-refractivity contribution in [3.05, 3.63) is 83.7 Å². The van der Waals surface area contributed by atoms with Gasteiger partial charge in [0, 0.05) is 54.8 Å². The average Bonchev–Trinajstić information content (AvgIpc) is 3.74. The number of aliphatic hydroxyl groups is 1. The van der Waals surface area contributed by atoms with Crippen LogP contribution in [0.3, 0.4) is 0 Å². The number of benzene rings is 2. The summed E-state index contributed by atoms with van der Waals surface area (Å²) in [5.74, 6) is -7.15. The Bertz CT molecular complexity index is 2070. The third-order valence-electron chi connectivity index (χ3n) is 9.49. The number of aromatic nitrogens is 1. The van der Waals surface area contributed by atoms with Crippen LogP contribution in [0.5, 0.6) is 0 Å². The lowest BCUT2D eigenvalue weighted by molar-refractivity contribution is -0.192. The first-order valence-corrected chi connectivity index (χ1v) is 20.5. The van der Waals surface area contributed by atoms with Crippen molar-refractivity contribution in [2.45, 2.75) is 69.7 Å². The lowest BCUT2D eigenvalue weighted by atomic mass is 9.82. The number of aliphatic carboxylic acids is 2. The molecule has 0 spiro atoms. The summed E-state index contributed by atoms with van der Waals surface area (Å²) in [6, 6.07) is 11.5. The Hall–Kier alpha value is -5.42. The Morgan fingerprint density at radius 3 is 2.22 bits per heavy atom. The standard InChI is InChI=1S/C39H50F2N6O8S.C2HF3O2/c1-39(2,3)35(31-17-25(27-18-26(40)9-10-28(27)41)21-45(31)20-24-7-5-4-6-8-24)46(34(50)22-48)13-11-29(42)36(51)44-12-15-55-16-14-47-33(49)19-32(37(47)52)56-23-30(43)38(53)54;3-2(4,5)1(6)7/h4-10,17-18,21,29-30,32,35,48H,11-16,19-20,22-23,42-43H2,1-3H3,(H,44,51)(H,53,54);(H,6,7)/t29?,30-,32?,35?;/m0./s1. The van der Waals surface area contributed by atoms with E-state index in [4.69, 9.17) is 31.2 Å².